The Morgan fingerprint density at radius 1 is 1.56 bits per heavy atom. The molecule has 0 aromatic rings. The second-order valence-electron chi connectivity index (χ2n) is 4.24. The molecule has 90 valence electrons. The van der Waals surface area contributed by atoms with E-state index in [1.54, 1.807) is 0 Å². The summed E-state index contributed by atoms with van der Waals surface area (Å²) in [5, 5.41) is 5.80. The standard InChI is InChI=1S/C12H21N3O/c1-3-7-13-10-12(16)14-9-11-6-4-5-8-15(11)2/h1,11,13H,4-10H2,2H3,(H,14,16). The first-order valence-electron chi connectivity index (χ1n) is 5.85. The van der Waals surface area contributed by atoms with Gasteiger partial charge in [-0.1, -0.05) is 12.3 Å². The molecular formula is C12H21N3O. The number of piperidine rings is 1. The number of nitrogens with one attached hydrogen (secondary N) is 2. The molecule has 16 heavy (non-hydrogen) atoms. The highest BCUT2D eigenvalue weighted by atomic mass is 16.1. The van der Waals surface area contributed by atoms with Gasteiger partial charge in [-0.25, -0.2) is 0 Å². The minimum Gasteiger partial charge on any atom is -0.353 e. The van der Waals surface area contributed by atoms with Crippen molar-refractivity contribution in [1.29, 1.82) is 0 Å². The summed E-state index contributed by atoms with van der Waals surface area (Å²) in [4.78, 5) is 13.7. The van der Waals surface area contributed by atoms with Gasteiger partial charge in [0.25, 0.3) is 0 Å². The number of hydrogen-bond donors (Lipinski definition) is 2. The SMILES string of the molecule is C#CCNCC(=O)NCC1CCCCN1C. The number of terminal acetylenes is 1. The maximum Gasteiger partial charge on any atom is 0.234 e. The van der Waals surface area contributed by atoms with Gasteiger partial charge in [0, 0.05) is 12.6 Å². The lowest BCUT2D eigenvalue weighted by atomic mass is 10.0. The van der Waals surface area contributed by atoms with Crippen molar-refractivity contribution in [2.45, 2.75) is 25.3 Å². The summed E-state index contributed by atoms with van der Waals surface area (Å²) in [6, 6.07) is 0.491. The highest BCUT2D eigenvalue weighted by molar-refractivity contribution is 5.78. The minimum absolute atomic E-state index is 0.0224. The number of nitrogens with zero attached hydrogens (tertiary/aromatic N) is 1. The minimum atomic E-state index is 0.0224. The summed E-state index contributed by atoms with van der Waals surface area (Å²) in [6.45, 7) is 2.63. The molecule has 4 heteroatoms. The van der Waals surface area contributed by atoms with E-state index >= 15 is 0 Å². The van der Waals surface area contributed by atoms with Gasteiger partial charge in [-0.3, -0.25) is 10.1 Å². The number of rotatable bonds is 5. The van der Waals surface area contributed by atoms with Gasteiger partial charge in [0.05, 0.1) is 13.1 Å². The second kappa shape index (κ2) is 7.26. The summed E-state index contributed by atoms with van der Waals surface area (Å²) < 4.78 is 0. The van der Waals surface area contributed by atoms with Gasteiger partial charge < -0.3 is 10.2 Å². The van der Waals surface area contributed by atoms with E-state index in [4.69, 9.17) is 6.42 Å². The molecule has 1 aliphatic rings. The van der Waals surface area contributed by atoms with Gasteiger partial charge in [-0.15, -0.1) is 6.42 Å². The van der Waals surface area contributed by atoms with Crippen LogP contribution in [0.25, 0.3) is 0 Å². The van der Waals surface area contributed by atoms with Gasteiger partial charge in [0.2, 0.25) is 5.91 Å². The average Bonchev–Trinajstić information content (AvgIpc) is 2.28. The van der Waals surface area contributed by atoms with Crippen LogP contribution in [0.2, 0.25) is 0 Å². The number of likely N-dealkylation sites (N-methyl/N-ethyl adjacent to an activating group) is 1. The molecule has 1 aliphatic heterocycles. The van der Waals surface area contributed by atoms with Gasteiger partial charge in [0.15, 0.2) is 0 Å². The molecule has 1 heterocycles. The molecule has 1 fully saturated rings. The number of carbonyl (C=O) groups excluding carboxylic acids is 1. The van der Waals surface area contributed by atoms with Crippen LogP contribution in [-0.2, 0) is 4.79 Å². The fraction of sp³-hybridized carbons (Fsp3) is 0.750. The average molecular weight is 223 g/mol. The molecular weight excluding hydrogens is 202 g/mol. The van der Waals surface area contributed by atoms with Gasteiger partial charge in [-0.05, 0) is 26.4 Å². The largest absolute Gasteiger partial charge is 0.353 e. The van der Waals surface area contributed by atoms with Crippen molar-refractivity contribution in [2.75, 3.05) is 33.2 Å². The zero-order valence-corrected chi connectivity index (χ0v) is 9.96. The maximum atomic E-state index is 11.4. The van der Waals surface area contributed by atoms with Crippen LogP contribution in [0.3, 0.4) is 0 Å². The lowest BCUT2D eigenvalue weighted by molar-refractivity contribution is -0.120. The van der Waals surface area contributed by atoms with Crippen molar-refractivity contribution in [3.63, 3.8) is 0 Å². The fourth-order valence-corrected chi connectivity index (χ4v) is 1.94. The normalized spacial score (nSPS) is 21.4. The van der Waals surface area contributed by atoms with Gasteiger partial charge >= 0.3 is 0 Å². The third-order valence-electron chi connectivity index (χ3n) is 2.97. The van der Waals surface area contributed by atoms with Crippen LogP contribution in [0.5, 0.6) is 0 Å². The topological polar surface area (TPSA) is 44.4 Å². The second-order valence-corrected chi connectivity index (χ2v) is 4.24. The molecule has 1 rings (SSSR count). The highest BCUT2D eigenvalue weighted by Gasteiger charge is 2.18. The van der Waals surface area contributed by atoms with E-state index in [1.165, 1.54) is 19.3 Å². The van der Waals surface area contributed by atoms with Gasteiger partial charge in [0.1, 0.15) is 0 Å². The summed E-state index contributed by atoms with van der Waals surface area (Å²) in [5.41, 5.74) is 0. The van der Waals surface area contributed by atoms with E-state index < -0.39 is 0 Å². The van der Waals surface area contributed by atoms with Crippen LogP contribution >= 0.6 is 0 Å². The Hall–Kier alpha value is -1.05. The number of hydrogen-bond acceptors (Lipinski definition) is 3. The number of amides is 1. The van der Waals surface area contributed by atoms with Crippen molar-refractivity contribution in [3.8, 4) is 12.3 Å². The molecule has 1 unspecified atom stereocenters. The number of carbonyl (C=O) groups is 1. The Kier molecular flexibility index (Phi) is 5.91. The van der Waals surface area contributed by atoms with E-state index in [-0.39, 0.29) is 5.91 Å². The zero-order chi connectivity index (χ0) is 11.8. The van der Waals surface area contributed by atoms with Crippen molar-refractivity contribution < 1.29 is 4.79 Å². The maximum absolute atomic E-state index is 11.4. The lowest BCUT2D eigenvalue weighted by Gasteiger charge is -2.32. The smallest absolute Gasteiger partial charge is 0.234 e. The quantitative estimate of drug-likeness (QED) is 0.501. The molecule has 1 amide bonds. The predicted molar refractivity (Wildman–Crippen MR) is 65.0 cm³/mol. The van der Waals surface area contributed by atoms with Crippen LogP contribution in [0.15, 0.2) is 0 Å². The molecule has 4 nitrogen and oxygen atoms in total. The molecule has 1 saturated heterocycles. The third kappa shape index (κ3) is 4.65. The Morgan fingerprint density at radius 2 is 2.38 bits per heavy atom. The summed E-state index contributed by atoms with van der Waals surface area (Å²) in [6.07, 6.45) is 8.78. The Balaban J connectivity index is 2.13. The summed E-state index contributed by atoms with van der Waals surface area (Å²) in [7, 11) is 2.12. The monoisotopic (exact) mass is 223 g/mol. The van der Waals surface area contributed by atoms with Crippen LogP contribution in [0, 0.1) is 12.3 Å². The highest BCUT2D eigenvalue weighted by Crippen LogP contribution is 2.13. The summed E-state index contributed by atoms with van der Waals surface area (Å²) in [5.74, 6) is 2.46. The summed E-state index contributed by atoms with van der Waals surface area (Å²) >= 11 is 0. The van der Waals surface area contributed by atoms with Crippen molar-refractivity contribution >= 4 is 5.91 Å². The van der Waals surface area contributed by atoms with E-state index in [2.05, 4.69) is 28.5 Å². The predicted octanol–water partition coefficient (Wildman–Crippen LogP) is -0.190. The van der Waals surface area contributed by atoms with Crippen LogP contribution in [-0.4, -0.2) is 50.1 Å². The van der Waals surface area contributed by atoms with E-state index in [9.17, 15) is 4.79 Å². The number of likely N-dealkylation sites (tertiary alicyclic amines) is 1. The van der Waals surface area contributed by atoms with Gasteiger partial charge in [-0.2, -0.15) is 0 Å². The van der Waals surface area contributed by atoms with Crippen LogP contribution in [0.1, 0.15) is 19.3 Å². The van der Waals surface area contributed by atoms with Crippen LogP contribution in [0.4, 0.5) is 0 Å². The first-order chi connectivity index (χ1) is 7.74. The van der Waals surface area contributed by atoms with E-state index in [0.29, 0.717) is 19.1 Å². The van der Waals surface area contributed by atoms with Crippen molar-refractivity contribution in [2.24, 2.45) is 0 Å². The molecule has 0 aliphatic carbocycles. The van der Waals surface area contributed by atoms with E-state index in [0.717, 1.165) is 13.1 Å². The van der Waals surface area contributed by atoms with Crippen LogP contribution < -0.4 is 10.6 Å². The molecule has 2 N–H and O–H groups in total. The first kappa shape index (κ1) is 13.0. The fourth-order valence-electron chi connectivity index (χ4n) is 1.94. The molecule has 0 saturated carbocycles. The first-order valence-corrected chi connectivity index (χ1v) is 5.85. The molecule has 0 radical (unpaired) electrons. The Bertz CT molecular complexity index is 259. The molecule has 0 aromatic carbocycles. The molecule has 0 aromatic heterocycles. The molecule has 0 bridgehead atoms. The zero-order valence-electron chi connectivity index (χ0n) is 9.96. The molecule has 1 atom stereocenters. The van der Waals surface area contributed by atoms with E-state index in [1.807, 2.05) is 0 Å². The lowest BCUT2D eigenvalue weighted by Crippen LogP contribution is -2.46. The van der Waals surface area contributed by atoms with Crippen molar-refractivity contribution in [3.05, 3.63) is 0 Å². The Morgan fingerprint density at radius 3 is 3.06 bits per heavy atom. The Labute approximate surface area is 97.8 Å². The third-order valence-corrected chi connectivity index (χ3v) is 2.97. The molecule has 0 spiro atoms. The van der Waals surface area contributed by atoms with Crippen molar-refractivity contribution in [1.82, 2.24) is 15.5 Å².